The van der Waals surface area contributed by atoms with Gasteiger partial charge >= 0.3 is 6.03 Å². The van der Waals surface area contributed by atoms with Crippen molar-refractivity contribution in [3.8, 4) is 0 Å². The van der Waals surface area contributed by atoms with Gasteiger partial charge in [-0.15, -0.1) is 0 Å². The third-order valence-electron chi connectivity index (χ3n) is 3.76. The highest BCUT2D eigenvalue weighted by molar-refractivity contribution is 9.10. The molecule has 1 heterocycles. The number of hydrogen-bond donors (Lipinski definition) is 3. The van der Waals surface area contributed by atoms with Crippen molar-refractivity contribution in [1.29, 1.82) is 0 Å². The lowest BCUT2D eigenvalue weighted by Gasteiger charge is -2.30. The van der Waals surface area contributed by atoms with Gasteiger partial charge < -0.3 is 15.7 Å². The van der Waals surface area contributed by atoms with Gasteiger partial charge in [0.15, 0.2) is 0 Å². The van der Waals surface area contributed by atoms with E-state index in [2.05, 4.69) is 31.5 Å². The Bertz CT molecular complexity index is 481. The van der Waals surface area contributed by atoms with Crippen molar-refractivity contribution in [3.05, 3.63) is 22.4 Å². The maximum absolute atomic E-state index is 12.0. The molecule has 110 valence electrons. The number of rotatable bonds is 3. The number of aliphatic hydroxyl groups is 1. The van der Waals surface area contributed by atoms with Gasteiger partial charge in [-0.05, 0) is 47.8 Å². The molecule has 0 bridgehead atoms. The molecule has 0 saturated heterocycles. The van der Waals surface area contributed by atoms with Crippen molar-refractivity contribution in [2.24, 2.45) is 5.92 Å². The Morgan fingerprint density at radius 1 is 1.45 bits per heavy atom. The summed E-state index contributed by atoms with van der Waals surface area (Å²) < 4.78 is 0.744. The molecule has 2 unspecified atom stereocenters. The SMILES string of the molecule is Cc1nc(Br)ccc1NC(=O)NC1CCCCC1CO. The summed E-state index contributed by atoms with van der Waals surface area (Å²) in [5, 5.41) is 15.1. The van der Waals surface area contributed by atoms with Gasteiger partial charge in [-0.1, -0.05) is 12.8 Å². The van der Waals surface area contributed by atoms with Crippen molar-refractivity contribution in [3.63, 3.8) is 0 Å². The summed E-state index contributed by atoms with van der Waals surface area (Å²) >= 11 is 3.29. The number of hydrogen-bond acceptors (Lipinski definition) is 3. The number of aryl methyl sites for hydroxylation is 1. The Hall–Kier alpha value is -1.14. The van der Waals surface area contributed by atoms with Crippen molar-refractivity contribution < 1.29 is 9.90 Å². The lowest BCUT2D eigenvalue weighted by atomic mass is 9.85. The van der Waals surface area contributed by atoms with E-state index in [9.17, 15) is 9.90 Å². The van der Waals surface area contributed by atoms with E-state index in [1.807, 2.05) is 13.0 Å². The highest BCUT2D eigenvalue weighted by Crippen LogP contribution is 2.24. The van der Waals surface area contributed by atoms with Crippen LogP contribution in [0.25, 0.3) is 0 Å². The minimum absolute atomic E-state index is 0.0532. The second kappa shape index (κ2) is 7.04. The number of amides is 2. The molecule has 0 spiro atoms. The van der Waals surface area contributed by atoms with Crippen LogP contribution in [-0.4, -0.2) is 28.8 Å². The first-order valence-corrected chi connectivity index (χ1v) is 7.71. The first-order chi connectivity index (χ1) is 9.60. The van der Waals surface area contributed by atoms with Crippen molar-refractivity contribution in [2.75, 3.05) is 11.9 Å². The van der Waals surface area contributed by atoms with Gasteiger partial charge in [0, 0.05) is 18.6 Å². The Balaban J connectivity index is 1.94. The Morgan fingerprint density at radius 2 is 2.20 bits per heavy atom. The summed E-state index contributed by atoms with van der Waals surface area (Å²) in [6.07, 6.45) is 4.12. The van der Waals surface area contributed by atoms with Crippen LogP contribution in [0.2, 0.25) is 0 Å². The summed E-state index contributed by atoms with van der Waals surface area (Å²) in [5.74, 6) is 0.165. The average molecular weight is 342 g/mol. The van der Waals surface area contributed by atoms with Crippen LogP contribution in [0.3, 0.4) is 0 Å². The van der Waals surface area contributed by atoms with Gasteiger partial charge in [0.05, 0.1) is 11.4 Å². The normalized spacial score (nSPS) is 22.4. The lowest BCUT2D eigenvalue weighted by molar-refractivity contribution is 0.156. The molecular formula is C14H20BrN3O2. The fourth-order valence-electron chi connectivity index (χ4n) is 2.61. The second-order valence-electron chi connectivity index (χ2n) is 5.20. The molecule has 2 rings (SSSR count). The van der Waals surface area contributed by atoms with E-state index in [-0.39, 0.29) is 24.6 Å². The second-order valence-corrected chi connectivity index (χ2v) is 6.01. The summed E-state index contributed by atoms with van der Waals surface area (Å²) in [6, 6.07) is 3.43. The van der Waals surface area contributed by atoms with Gasteiger partial charge in [0.1, 0.15) is 4.60 Å². The predicted molar refractivity (Wildman–Crippen MR) is 81.7 cm³/mol. The van der Waals surface area contributed by atoms with Crippen LogP contribution in [0.5, 0.6) is 0 Å². The molecule has 1 aromatic heterocycles. The number of halogens is 1. The summed E-state index contributed by atoms with van der Waals surface area (Å²) in [5.41, 5.74) is 1.46. The molecule has 1 aliphatic rings. The van der Waals surface area contributed by atoms with Crippen LogP contribution >= 0.6 is 15.9 Å². The quantitative estimate of drug-likeness (QED) is 0.740. The minimum Gasteiger partial charge on any atom is -0.396 e. The molecule has 2 amide bonds. The largest absolute Gasteiger partial charge is 0.396 e. The number of aliphatic hydroxyl groups excluding tert-OH is 1. The molecule has 0 radical (unpaired) electrons. The smallest absolute Gasteiger partial charge is 0.319 e. The van der Waals surface area contributed by atoms with Crippen LogP contribution in [-0.2, 0) is 0 Å². The molecule has 1 saturated carbocycles. The van der Waals surface area contributed by atoms with Gasteiger partial charge in [0.25, 0.3) is 0 Å². The Kier molecular flexibility index (Phi) is 5.37. The number of urea groups is 1. The molecule has 1 aromatic rings. The zero-order valence-corrected chi connectivity index (χ0v) is 13.1. The van der Waals surface area contributed by atoms with E-state index in [0.717, 1.165) is 36.0 Å². The van der Waals surface area contributed by atoms with Crippen LogP contribution in [0.1, 0.15) is 31.4 Å². The molecular weight excluding hydrogens is 322 g/mol. The number of pyridine rings is 1. The van der Waals surface area contributed by atoms with Crippen LogP contribution in [0, 0.1) is 12.8 Å². The van der Waals surface area contributed by atoms with Crippen LogP contribution in [0.4, 0.5) is 10.5 Å². The minimum atomic E-state index is -0.234. The molecule has 0 aromatic carbocycles. The number of anilines is 1. The number of carbonyl (C=O) groups is 1. The highest BCUT2D eigenvalue weighted by Gasteiger charge is 2.25. The zero-order chi connectivity index (χ0) is 14.5. The average Bonchev–Trinajstić information content (AvgIpc) is 2.42. The number of nitrogens with zero attached hydrogens (tertiary/aromatic N) is 1. The third kappa shape index (κ3) is 3.93. The van der Waals surface area contributed by atoms with Crippen LogP contribution < -0.4 is 10.6 Å². The van der Waals surface area contributed by atoms with E-state index in [1.54, 1.807) is 6.07 Å². The molecule has 20 heavy (non-hydrogen) atoms. The monoisotopic (exact) mass is 341 g/mol. The number of aromatic nitrogens is 1. The van der Waals surface area contributed by atoms with E-state index >= 15 is 0 Å². The van der Waals surface area contributed by atoms with Crippen molar-refractivity contribution in [2.45, 2.75) is 38.6 Å². The Labute approximate surface area is 127 Å². The van der Waals surface area contributed by atoms with Gasteiger partial charge in [-0.3, -0.25) is 0 Å². The maximum Gasteiger partial charge on any atom is 0.319 e. The Morgan fingerprint density at radius 3 is 2.90 bits per heavy atom. The van der Waals surface area contributed by atoms with E-state index in [0.29, 0.717) is 5.69 Å². The summed E-state index contributed by atoms with van der Waals surface area (Å²) in [7, 11) is 0. The molecule has 6 heteroatoms. The number of carbonyl (C=O) groups excluding carboxylic acids is 1. The fraction of sp³-hybridized carbons (Fsp3) is 0.571. The van der Waals surface area contributed by atoms with Crippen molar-refractivity contribution >= 4 is 27.6 Å². The molecule has 1 fully saturated rings. The molecule has 2 atom stereocenters. The molecule has 3 N–H and O–H groups in total. The zero-order valence-electron chi connectivity index (χ0n) is 11.5. The molecule has 0 aliphatic heterocycles. The third-order valence-corrected chi connectivity index (χ3v) is 4.20. The van der Waals surface area contributed by atoms with E-state index in [1.165, 1.54) is 0 Å². The molecule has 1 aliphatic carbocycles. The standard InChI is InChI=1S/C14H20BrN3O2/c1-9-11(6-7-13(15)16-9)17-14(20)18-12-5-3-2-4-10(12)8-19/h6-7,10,12,19H,2-5,8H2,1H3,(H2,17,18,20). The first-order valence-electron chi connectivity index (χ1n) is 6.91. The fourth-order valence-corrected chi connectivity index (χ4v) is 3.00. The lowest BCUT2D eigenvalue weighted by Crippen LogP contribution is -2.45. The highest BCUT2D eigenvalue weighted by atomic mass is 79.9. The van der Waals surface area contributed by atoms with E-state index < -0.39 is 0 Å². The number of nitrogens with one attached hydrogen (secondary N) is 2. The summed E-state index contributed by atoms with van der Waals surface area (Å²) in [6.45, 7) is 1.97. The van der Waals surface area contributed by atoms with Crippen molar-refractivity contribution in [1.82, 2.24) is 10.3 Å². The topological polar surface area (TPSA) is 74.2 Å². The van der Waals surface area contributed by atoms with Crippen LogP contribution in [0.15, 0.2) is 16.7 Å². The summed E-state index contributed by atoms with van der Waals surface area (Å²) in [4.78, 5) is 16.3. The molecule has 5 nitrogen and oxygen atoms in total. The maximum atomic E-state index is 12.0. The first kappa shape index (κ1) is 15.3. The van der Waals surface area contributed by atoms with Gasteiger partial charge in [-0.2, -0.15) is 0 Å². The van der Waals surface area contributed by atoms with Gasteiger partial charge in [0.2, 0.25) is 0 Å². The van der Waals surface area contributed by atoms with E-state index in [4.69, 9.17) is 0 Å². The van der Waals surface area contributed by atoms with Gasteiger partial charge in [-0.25, -0.2) is 9.78 Å². The predicted octanol–water partition coefficient (Wildman–Crippen LogP) is 2.83.